The van der Waals surface area contributed by atoms with Crippen LogP contribution in [-0.4, -0.2) is 28.9 Å². The number of benzene rings is 2. The summed E-state index contributed by atoms with van der Waals surface area (Å²) in [4.78, 5) is 32.9. The molecular weight excluding hydrogens is 412 g/mol. The molecule has 5 rings (SSSR count). The molecule has 1 unspecified atom stereocenters. The number of fused-ring (bicyclic) bond motifs is 2. The summed E-state index contributed by atoms with van der Waals surface area (Å²) in [6.45, 7) is 3.93. The SMILES string of the molecule is COc1ccc2sc(N3C(=O)c4ccccc4C3C3=C(O)CC(C)(C)CC3=O)nc2c1. The molecule has 1 aliphatic heterocycles. The molecule has 31 heavy (non-hydrogen) atoms. The number of amides is 1. The Morgan fingerprint density at radius 1 is 1.16 bits per heavy atom. The molecule has 158 valence electrons. The molecule has 2 heterocycles. The van der Waals surface area contributed by atoms with E-state index in [0.717, 1.165) is 15.8 Å². The minimum atomic E-state index is -0.685. The molecule has 1 amide bonds. The van der Waals surface area contributed by atoms with Gasteiger partial charge in [-0.3, -0.25) is 14.5 Å². The van der Waals surface area contributed by atoms with E-state index in [1.165, 1.54) is 11.3 Å². The lowest BCUT2D eigenvalue weighted by molar-refractivity contribution is -0.118. The van der Waals surface area contributed by atoms with Crippen LogP contribution in [0.2, 0.25) is 0 Å². The average molecular weight is 435 g/mol. The summed E-state index contributed by atoms with van der Waals surface area (Å²) in [5.74, 6) is 0.395. The average Bonchev–Trinajstić information content (AvgIpc) is 3.25. The predicted molar refractivity (Wildman–Crippen MR) is 120 cm³/mol. The van der Waals surface area contributed by atoms with E-state index in [1.807, 2.05) is 44.2 Å². The van der Waals surface area contributed by atoms with Crippen LogP contribution >= 0.6 is 11.3 Å². The van der Waals surface area contributed by atoms with Crippen molar-refractivity contribution in [2.24, 2.45) is 5.41 Å². The molecule has 0 fully saturated rings. The summed E-state index contributed by atoms with van der Waals surface area (Å²) in [6.07, 6.45) is 0.718. The van der Waals surface area contributed by atoms with Crippen molar-refractivity contribution in [3.05, 3.63) is 64.9 Å². The Hall–Kier alpha value is -3.19. The zero-order valence-corrected chi connectivity index (χ0v) is 18.3. The summed E-state index contributed by atoms with van der Waals surface area (Å²) in [5.41, 5.74) is 1.95. The molecule has 2 aliphatic rings. The van der Waals surface area contributed by atoms with Gasteiger partial charge in [0.05, 0.1) is 28.9 Å². The minimum Gasteiger partial charge on any atom is -0.512 e. The van der Waals surface area contributed by atoms with Gasteiger partial charge in [0.25, 0.3) is 5.91 Å². The smallest absolute Gasteiger partial charge is 0.261 e. The molecule has 1 aromatic heterocycles. The molecule has 2 aromatic carbocycles. The first-order chi connectivity index (χ1) is 14.8. The Labute approximate surface area is 183 Å². The zero-order valence-electron chi connectivity index (χ0n) is 17.5. The highest BCUT2D eigenvalue weighted by molar-refractivity contribution is 7.22. The van der Waals surface area contributed by atoms with Crippen LogP contribution in [0, 0.1) is 5.41 Å². The maximum absolute atomic E-state index is 13.4. The Morgan fingerprint density at radius 2 is 1.94 bits per heavy atom. The number of ketones is 1. The third kappa shape index (κ3) is 3.11. The summed E-state index contributed by atoms with van der Waals surface area (Å²) in [5, 5.41) is 11.4. The largest absolute Gasteiger partial charge is 0.512 e. The number of methoxy groups -OCH3 is 1. The number of anilines is 1. The lowest BCUT2D eigenvalue weighted by Gasteiger charge is -2.33. The second-order valence-electron chi connectivity index (χ2n) is 8.80. The highest BCUT2D eigenvalue weighted by atomic mass is 32.1. The van der Waals surface area contributed by atoms with Crippen molar-refractivity contribution in [1.82, 2.24) is 4.98 Å². The summed E-state index contributed by atoms with van der Waals surface area (Å²) in [7, 11) is 1.59. The molecule has 0 bridgehead atoms. The topological polar surface area (TPSA) is 79.7 Å². The van der Waals surface area contributed by atoms with Gasteiger partial charge in [-0.2, -0.15) is 0 Å². The second-order valence-corrected chi connectivity index (χ2v) is 9.81. The van der Waals surface area contributed by atoms with E-state index in [9.17, 15) is 14.7 Å². The van der Waals surface area contributed by atoms with E-state index in [4.69, 9.17) is 4.74 Å². The van der Waals surface area contributed by atoms with Crippen molar-refractivity contribution in [3.63, 3.8) is 0 Å². The highest BCUT2D eigenvalue weighted by Crippen LogP contribution is 2.48. The van der Waals surface area contributed by atoms with E-state index in [-0.39, 0.29) is 22.9 Å². The standard InChI is InChI=1S/C24H22N2O4S/c1-24(2)11-17(27)20(18(28)12-24)21-14-6-4-5-7-15(14)22(29)26(21)23-25-16-10-13(30-3)8-9-19(16)31-23/h4-10,21,27H,11-12H2,1-3H3. The number of hydrogen-bond acceptors (Lipinski definition) is 6. The van der Waals surface area contributed by atoms with Gasteiger partial charge in [-0.25, -0.2) is 4.98 Å². The molecule has 0 spiro atoms. The van der Waals surface area contributed by atoms with Gasteiger partial charge in [0.1, 0.15) is 11.5 Å². The van der Waals surface area contributed by atoms with Crippen molar-refractivity contribution >= 4 is 38.4 Å². The summed E-state index contributed by atoms with van der Waals surface area (Å²) < 4.78 is 6.20. The molecule has 0 radical (unpaired) electrons. The molecule has 3 aromatic rings. The molecule has 0 saturated carbocycles. The number of allylic oxidation sites excluding steroid dienone is 1. The summed E-state index contributed by atoms with van der Waals surface area (Å²) in [6, 6.07) is 12.2. The van der Waals surface area contributed by atoms with Gasteiger partial charge in [-0.15, -0.1) is 0 Å². The van der Waals surface area contributed by atoms with Gasteiger partial charge >= 0.3 is 0 Å². The Morgan fingerprint density at radius 3 is 2.68 bits per heavy atom. The van der Waals surface area contributed by atoms with Crippen LogP contribution in [0.1, 0.15) is 48.7 Å². The maximum Gasteiger partial charge on any atom is 0.261 e. The molecule has 0 saturated heterocycles. The lowest BCUT2D eigenvalue weighted by atomic mass is 9.74. The Balaban J connectivity index is 1.69. The van der Waals surface area contributed by atoms with Gasteiger partial charge in [0.2, 0.25) is 0 Å². The molecule has 6 nitrogen and oxygen atoms in total. The van der Waals surface area contributed by atoms with E-state index in [2.05, 4.69) is 4.98 Å². The van der Waals surface area contributed by atoms with Crippen LogP contribution in [0.3, 0.4) is 0 Å². The Bertz CT molecular complexity index is 1270. The van der Waals surface area contributed by atoms with E-state index in [0.29, 0.717) is 34.9 Å². The van der Waals surface area contributed by atoms with Gasteiger partial charge in [-0.1, -0.05) is 43.4 Å². The van der Waals surface area contributed by atoms with Crippen molar-refractivity contribution in [2.75, 3.05) is 12.0 Å². The van der Waals surface area contributed by atoms with Crippen molar-refractivity contribution in [1.29, 1.82) is 0 Å². The van der Waals surface area contributed by atoms with Crippen LogP contribution in [0.5, 0.6) is 5.75 Å². The number of ether oxygens (including phenoxy) is 1. The monoisotopic (exact) mass is 434 g/mol. The number of aliphatic hydroxyl groups is 1. The molecular formula is C24H22N2O4S. The van der Waals surface area contributed by atoms with Gasteiger partial charge in [0.15, 0.2) is 10.9 Å². The molecule has 1 aliphatic carbocycles. The van der Waals surface area contributed by atoms with E-state index >= 15 is 0 Å². The third-order valence-electron chi connectivity index (χ3n) is 5.92. The first-order valence-corrected chi connectivity index (χ1v) is 10.9. The quantitative estimate of drug-likeness (QED) is 0.612. The predicted octanol–water partition coefficient (Wildman–Crippen LogP) is 5.21. The first kappa shape index (κ1) is 19.8. The number of thiazole rings is 1. The normalized spacial score (nSPS) is 20.5. The number of Topliss-reactive ketones (excluding diaryl/α,β-unsaturated/α-hetero) is 1. The second kappa shape index (κ2) is 6.92. The number of carbonyl (C=O) groups excluding carboxylic acids is 2. The number of aliphatic hydroxyl groups excluding tert-OH is 1. The summed E-state index contributed by atoms with van der Waals surface area (Å²) >= 11 is 1.38. The minimum absolute atomic E-state index is 0.0588. The zero-order chi connectivity index (χ0) is 21.9. The van der Waals surface area contributed by atoms with Crippen LogP contribution in [0.15, 0.2) is 53.8 Å². The van der Waals surface area contributed by atoms with Gasteiger partial charge in [-0.05, 0) is 29.2 Å². The number of nitrogens with zero attached hydrogens (tertiary/aromatic N) is 2. The fourth-order valence-corrected chi connectivity index (χ4v) is 5.51. The molecule has 1 N–H and O–H groups in total. The highest BCUT2D eigenvalue weighted by Gasteiger charge is 2.46. The van der Waals surface area contributed by atoms with Crippen molar-refractivity contribution < 1.29 is 19.4 Å². The Kier molecular flexibility index (Phi) is 4.41. The first-order valence-electron chi connectivity index (χ1n) is 10.1. The van der Waals surface area contributed by atoms with Gasteiger partial charge in [0, 0.05) is 24.5 Å². The van der Waals surface area contributed by atoms with Crippen LogP contribution in [-0.2, 0) is 4.79 Å². The third-order valence-corrected chi connectivity index (χ3v) is 6.96. The fraction of sp³-hybridized carbons (Fsp3) is 0.292. The fourth-order valence-electron chi connectivity index (χ4n) is 4.54. The number of rotatable bonds is 3. The number of hydrogen-bond donors (Lipinski definition) is 1. The number of carbonyl (C=O) groups is 2. The van der Waals surface area contributed by atoms with Crippen LogP contribution in [0.4, 0.5) is 5.13 Å². The van der Waals surface area contributed by atoms with E-state index in [1.54, 1.807) is 24.1 Å². The van der Waals surface area contributed by atoms with Crippen LogP contribution in [0.25, 0.3) is 10.2 Å². The van der Waals surface area contributed by atoms with E-state index < -0.39 is 6.04 Å². The number of aromatic nitrogens is 1. The maximum atomic E-state index is 13.4. The molecule has 7 heteroatoms. The van der Waals surface area contributed by atoms with Crippen molar-refractivity contribution in [3.8, 4) is 5.75 Å². The van der Waals surface area contributed by atoms with Gasteiger partial charge < -0.3 is 9.84 Å². The van der Waals surface area contributed by atoms with Crippen LogP contribution < -0.4 is 9.64 Å². The lowest BCUT2D eigenvalue weighted by Crippen LogP contribution is -2.35. The van der Waals surface area contributed by atoms with Crippen molar-refractivity contribution in [2.45, 2.75) is 32.7 Å². The molecule has 1 atom stereocenters.